The number of carbonyl (C=O) groups excluding carboxylic acids is 2. The zero-order chi connectivity index (χ0) is 38.1. The summed E-state index contributed by atoms with van der Waals surface area (Å²) in [6.45, 7) is 3.96. The lowest BCUT2D eigenvalue weighted by Gasteiger charge is -2.39. The number of ether oxygens (including phenoxy) is 4. The molecule has 8 rings (SSSR count). The van der Waals surface area contributed by atoms with Gasteiger partial charge in [-0.3, -0.25) is 19.4 Å². The number of nitrogens with one attached hydrogen (secondary N) is 2. The molecule has 4 heterocycles. The highest BCUT2D eigenvalue weighted by Crippen LogP contribution is 2.35. The van der Waals surface area contributed by atoms with Crippen LogP contribution in [0.2, 0.25) is 0 Å². The van der Waals surface area contributed by atoms with Crippen LogP contribution in [0, 0.1) is 0 Å². The number of nitrogens with zero attached hydrogens (tertiary/aromatic N) is 2. The zero-order valence-corrected chi connectivity index (χ0v) is 32.0. The van der Waals surface area contributed by atoms with Crippen molar-refractivity contribution in [3.8, 4) is 0 Å². The normalized spacial score (nSPS) is 27.2. The standard InChI is InChI=1S/C46H54N4O6/c51-43(41-39-31-49(29-35-21-11-5-12-22-35)37(45(53-39)55-41)27-33-17-7-3-8-18-33)47-25-15-1-2-16-26-48-44(52)42-40-32-50(30-36-23-13-6-14-24-36)38(46(54-40)56-42)28-34-19-9-4-10-20-34/h3-14,17-24,37-42,45-46H,1-2,15-16,25-32H2,(H,47,51)(H,48,52). The van der Waals surface area contributed by atoms with Crippen molar-refractivity contribution >= 4 is 11.8 Å². The molecule has 4 fully saturated rings. The zero-order valence-electron chi connectivity index (χ0n) is 32.0. The van der Waals surface area contributed by atoms with E-state index in [1.54, 1.807) is 0 Å². The Hall–Kier alpha value is -4.42. The fourth-order valence-electron chi connectivity index (χ4n) is 8.58. The molecule has 2 N–H and O–H groups in total. The molecular formula is C46H54N4O6. The summed E-state index contributed by atoms with van der Waals surface area (Å²) in [5, 5.41) is 6.21. The molecule has 4 saturated heterocycles. The molecule has 4 aliphatic heterocycles. The van der Waals surface area contributed by atoms with Crippen LogP contribution in [0.3, 0.4) is 0 Å². The molecule has 4 bridgehead atoms. The summed E-state index contributed by atoms with van der Waals surface area (Å²) in [5.74, 6) is -0.218. The third-order valence-corrected chi connectivity index (χ3v) is 11.5. The average molecular weight is 759 g/mol. The van der Waals surface area contributed by atoms with E-state index in [0.717, 1.165) is 51.6 Å². The highest BCUT2D eigenvalue weighted by atomic mass is 16.7. The van der Waals surface area contributed by atoms with E-state index in [1.165, 1.54) is 22.3 Å². The third-order valence-electron chi connectivity index (χ3n) is 11.5. The Morgan fingerprint density at radius 2 is 0.839 bits per heavy atom. The van der Waals surface area contributed by atoms with Gasteiger partial charge >= 0.3 is 0 Å². The van der Waals surface area contributed by atoms with E-state index in [4.69, 9.17) is 18.9 Å². The molecule has 2 amide bonds. The predicted octanol–water partition coefficient (Wildman–Crippen LogP) is 5.25. The second-order valence-electron chi connectivity index (χ2n) is 15.5. The van der Waals surface area contributed by atoms with Gasteiger partial charge in [-0.1, -0.05) is 134 Å². The monoisotopic (exact) mass is 758 g/mol. The lowest BCUT2D eigenvalue weighted by Crippen LogP contribution is -2.53. The number of rotatable bonds is 17. The van der Waals surface area contributed by atoms with Crippen LogP contribution in [-0.2, 0) is 54.5 Å². The fraction of sp³-hybridized carbons (Fsp3) is 0.435. The Bertz CT molecular complexity index is 1700. The van der Waals surface area contributed by atoms with Crippen LogP contribution in [0.25, 0.3) is 0 Å². The number of carbonyl (C=O) groups is 2. The van der Waals surface area contributed by atoms with E-state index < -0.39 is 24.8 Å². The number of morpholine rings is 2. The van der Waals surface area contributed by atoms with Crippen molar-refractivity contribution in [3.63, 3.8) is 0 Å². The Balaban J connectivity index is 0.757. The van der Waals surface area contributed by atoms with Gasteiger partial charge in [0, 0.05) is 39.3 Å². The Morgan fingerprint density at radius 3 is 1.21 bits per heavy atom. The summed E-state index contributed by atoms with van der Waals surface area (Å²) in [6, 6.07) is 41.7. The number of fused-ring (bicyclic) bond motifs is 4. The highest BCUT2D eigenvalue weighted by Gasteiger charge is 2.51. The van der Waals surface area contributed by atoms with E-state index in [9.17, 15) is 9.59 Å². The van der Waals surface area contributed by atoms with Crippen LogP contribution >= 0.6 is 0 Å². The average Bonchev–Trinajstić information content (AvgIpc) is 3.78. The molecular weight excluding hydrogens is 705 g/mol. The summed E-state index contributed by atoms with van der Waals surface area (Å²) in [5.41, 5.74) is 4.90. The predicted molar refractivity (Wildman–Crippen MR) is 213 cm³/mol. The van der Waals surface area contributed by atoms with Gasteiger partial charge in [0.05, 0.1) is 12.1 Å². The van der Waals surface area contributed by atoms with E-state index in [-0.39, 0.29) is 36.1 Å². The van der Waals surface area contributed by atoms with Crippen LogP contribution in [0.5, 0.6) is 0 Å². The van der Waals surface area contributed by atoms with Gasteiger partial charge in [0.2, 0.25) is 0 Å². The van der Waals surface area contributed by atoms with Gasteiger partial charge < -0.3 is 29.6 Å². The molecule has 0 aromatic heterocycles. The minimum Gasteiger partial charge on any atom is -0.354 e. The van der Waals surface area contributed by atoms with E-state index >= 15 is 0 Å². The maximum Gasteiger partial charge on any atom is 0.252 e. The second-order valence-corrected chi connectivity index (χ2v) is 15.5. The van der Waals surface area contributed by atoms with Crippen molar-refractivity contribution in [2.45, 2.75) is 101 Å². The summed E-state index contributed by atoms with van der Waals surface area (Å²) >= 11 is 0. The Labute approximate surface area is 330 Å². The van der Waals surface area contributed by atoms with Crippen LogP contribution < -0.4 is 10.6 Å². The van der Waals surface area contributed by atoms with Crippen LogP contribution in [-0.4, -0.2) is 96.9 Å². The third kappa shape index (κ3) is 9.57. The van der Waals surface area contributed by atoms with E-state index in [1.807, 2.05) is 24.3 Å². The van der Waals surface area contributed by atoms with Crippen molar-refractivity contribution in [2.75, 3.05) is 26.2 Å². The summed E-state index contributed by atoms with van der Waals surface area (Å²) in [7, 11) is 0. The molecule has 0 aliphatic carbocycles. The smallest absolute Gasteiger partial charge is 0.252 e. The van der Waals surface area contributed by atoms with Crippen molar-refractivity contribution in [3.05, 3.63) is 144 Å². The van der Waals surface area contributed by atoms with E-state index in [2.05, 4.69) is 117 Å². The number of unbranched alkanes of at least 4 members (excludes halogenated alkanes) is 3. The number of hydrogen-bond acceptors (Lipinski definition) is 8. The largest absolute Gasteiger partial charge is 0.354 e. The number of benzene rings is 4. The topological polar surface area (TPSA) is 102 Å². The summed E-state index contributed by atoms with van der Waals surface area (Å²) in [4.78, 5) is 31.5. The van der Waals surface area contributed by atoms with Gasteiger partial charge in [0.15, 0.2) is 24.8 Å². The van der Waals surface area contributed by atoms with Crippen LogP contribution in [0.15, 0.2) is 121 Å². The van der Waals surface area contributed by atoms with Crippen molar-refractivity contribution in [1.29, 1.82) is 0 Å². The van der Waals surface area contributed by atoms with Crippen molar-refractivity contribution < 1.29 is 28.5 Å². The molecule has 8 unspecified atom stereocenters. The van der Waals surface area contributed by atoms with Crippen molar-refractivity contribution in [2.24, 2.45) is 0 Å². The fourth-order valence-corrected chi connectivity index (χ4v) is 8.58. The first-order valence-corrected chi connectivity index (χ1v) is 20.4. The molecule has 4 aliphatic rings. The molecule has 4 aromatic carbocycles. The van der Waals surface area contributed by atoms with Crippen molar-refractivity contribution in [1.82, 2.24) is 20.4 Å². The van der Waals surface area contributed by atoms with Crippen LogP contribution in [0.4, 0.5) is 0 Å². The first kappa shape index (κ1) is 38.5. The molecule has 8 atom stereocenters. The Kier molecular flexibility index (Phi) is 12.8. The highest BCUT2D eigenvalue weighted by molar-refractivity contribution is 5.82. The molecule has 0 spiro atoms. The minimum absolute atomic E-state index is 0.00499. The van der Waals surface area contributed by atoms with Gasteiger partial charge in [-0.25, -0.2) is 0 Å². The lowest BCUT2D eigenvalue weighted by molar-refractivity contribution is -0.152. The van der Waals surface area contributed by atoms with Gasteiger partial charge in [0.1, 0.15) is 12.2 Å². The molecule has 0 radical (unpaired) electrons. The molecule has 0 saturated carbocycles. The molecule has 294 valence electrons. The molecule has 56 heavy (non-hydrogen) atoms. The Morgan fingerprint density at radius 1 is 0.482 bits per heavy atom. The summed E-state index contributed by atoms with van der Waals surface area (Å²) < 4.78 is 25.3. The van der Waals surface area contributed by atoms with Gasteiger partial charge in [-0.05, 0) is 47.9 Å². The molecule has 4 aromatic rings. The number of hydrogen-bond donors (Lipinski definition) is 2. The SMILES string of the molecule is O=C(NCCCCCCNC(=O)C1OC2OC1CN(Cc1ccccc1)C2Cc1ccccc1)C1OC2OC1CN(Cc1ccccc1)C2Cc1ccccc1. The quantitative estimate of drug-likeness (QED) is 0.141. The van der Waals surface area contributed by atoms with Gasteiger partial charge in [-0.2, -0.15) is 0 Å². The van der Waals surface area contributed by atoms with E-state index in [0.29, 0.717) is 26.2 Å². The number of amides is 2. The first-order valence-electron chi connectivity index (χ1n) is 20.4. The summed E-state index contributed by atoms with van der Waals surface area (Å²) in [6.07, 6.45) is 2.34. The molecule has 10 heteroatoms. The second kappa shape index (κ2) is 18.7. The first-order chi connectivity index (χ1) is 27.6. The lowest BCUT2D eigenvalue weighted by atomic mass is 10.0. The van der Waals surface area contributed by atoms with Crippen LogP contribution in [0.1, 0.15) is 47.9 Å². The molecule has 10 nitrogen and oxygen atoms in total. The minimum atomic E-state index is -0.630. The maximum atomic E-state index is 13.3. The van der Waals surface area contributed by atoms with Gasteiger partial charge in [-0.15, -0.1) is 0 Å². The van der Waals surface area contributed by atoms with Gasteiger partial charge in [0.25, 0.3) is 11.8 Å². The maximum absolute atomic E-state index is 13.3.